The number of hydrogen-bond donors (Lipinski definition) is 1. The predicted octanol–water partition coefficient (Wildman–Crippen LogP) is 1.54. The molecule has 2 aromatic rings. The van der Waals surface area contributed by atoms with Crippen molar-refractivity contribution in [3.05, 3.63) is 36.2 Å². The van der Waals surface area contributed by atoms with E-state index >= 15 is 0 Å². The lowest BCUT2D eigenvalue weighted by molar-refractivity contribution is 0.0480. The number of likely N-dealkylation sites (N-methyl/N-ethyl adjacent to an activating group) is 1. The topological polar surface area (TPSA) is 70.1 Å². The maximum absolute atomic E-state index is 12.8. The van der Waals surface area contributed by atoms with E-state index in [4.69, 9.17) is 0 Å². The van der Waals surface area contributed by atoms with Crippen LogP contribution in [0.15, 0.2) is 24.8 Å². The average molecular weight is 316 g/mol. The Balaban J connectivity index is 1.73. The smallest absolute Gasteiger partial charge is 0.257 e. The number of nitrogens with zero attached hydrogens (tertiary/aromatic N) is 5. The summed E-state index contributed by atoms with van der Waals surface area (Å²) in [5.41, 5.74) is 0.668. The third-order valence-corrected chi connectivity index (χ3v) is 4.35. The number of carbonyl (C=O) groups is 1. The number of piperazine rings is 1. The standard InChI is InChI=1S/C16H24N6O/c1-3-7-22-11-13(10-19-22)16(23)21-9-8-20(4-2)14(12-21)15-17-5-6-18-15/h5-6,10-11,14H,3-4,7-9,12H2,1-2H3,(H,17,18)/t14-/m1/s1. The summed E-state index contributed by atoms with van der Waals surface area (Å²) in [5, 5.41) is 4.26. The molecule has 1 aliphatic rings. The number of imidazole rings is 1. The Morgan fingerprint density at radius 1 is 1.39 bits per heavy atom. The van der Waals surface area contributed by atoms with Gasteiger partial charge in [0, 0.05) is 44.8 Å². The highest BCUT2D eigenvalue weighted by atomic mass is 16.2. The van der Waals surface area contributed by atoms with Crippen molar-refractivity contribution < 1.29 is 4.79 Å². The van der Waals surface area contributed by atoms with Gasteiger partial charge in [0.1, 0.15) is 5.82 Å². The van der Waals surface area contributed by atoms with Crippen LogP contribution in [0.1, 0.15) is 42.5 Å². The monoisotopic (exact) mass is 316 g/mol. The van der Waals surface area contributed by atoms with Gasteiger partial charge in [0.15, 0.2) is 0 Å². The molecule has 0 spiro atoms. The van der Waals surface area contributed by atoms with Crippen LogP contribution in [0, 0.1) is 0 Å². The summed E-state index contributed by atoms with van der Waals surface area (Å²) in [6.45, 7) is 8.27. The van der Waals surface area contributed by atoms with E-state index in [0.717, 1.165) is 38.4 Å². The molecule has 124 valence electrons. The van der Waals surface area contributed by atoms with Crippen molar-refractivity contribution in [2.24, 2.45) is 0 Å². The second kappa shape index (κ2) is 6.95. The second-order valence-corrected chi connectivity index (χ2v) is 5.86. The zero-order valence-electron chi connectivity index (χ0n) is 13.8. The average Bonchev–Trinajstić information content (AvgIpc) is 3.25. The van der Waals surface area contributed by atoms with Gasteiger partial charge in [0.2, 0.25) is 0 Å². The van der Waals surface area contributed by atoms with Crippen molar-refractivity contribution in [3.8, 4) is 0 Å². The van der Waals surface area contributed by atoms with Gasteiger partial charge in [0.25, 0.3) is 5.91 Å². The number of aryl methyl sites for hydroxylation is 1. The molecule has 23 heavy (non-hydrogen) atoms. The Kier molecular flexibility index (Phi) is 4.76. The summed E-state index contributed by atoms with van der Waals surface area (Å²) in [5.74, 6) is 0.977. The van der Waals surface area contributed by atoms with Gasteiger partial charge >= 0.3 is 0 Å². The van der Waals surface area contributed by atoms with E-state index in [9.17, 15) is 4.79 Å². The van der Waals surface area contributed by atoms with Crippen molar-refractivity contribution >= 4 is 5.91 Å². The van der Waals surface area contributed by atoms with Crippen LogP contribution in [0.5, 0.6) is 0 Å². The maximum Gasteiger partial charge on any atom is 0.257 e. The van der Waals surface area contributed by atoms with Gasteiger partial charge in [-0.3, -0.25) is 14.4 Å². The molecule has 0 aromatic carbocycles. The summed E-state index contributed by atoms with van der Waals surface area (Å²) >= 11 is 0. The number of H-pyrrole nitrogens is 1. The molecule has 1 fully saturated rings. The minimum atomic E-state index is 0.0552. The van der Waals surface area contributed by atoms with E-state index in [2.05, 4.69) is 33.8 Å². The van der Waals surface area contributed by atoms with Crippen LogP contribution in [-0.2, 0) is 6.54 Å². The number of rotatable bonds is 5. The van der Waals surface area contributed by atoms with E-state index in [-0.39, 0.29) is 11.9 Å². The van der Waals surface area contributed by atoms with E-state index < -0.39 is 0 Å². The molecule has 1 saturated heterocycles. The van der Waals surface area contributed by atoms with Gasteiger partial charge in [-0.05, 0) is 13.0 Å². The van der Waals surface area contributed by atoms with Crippen molar-refractivity contribution in [3.63, 3.8) is 0 Å². The third-order valence-electron chi connectivity index (χ3n) is 4.35. The van der Waals surface area contributed by atoms with Crippen molar-refractivity contribution in [2.75, 3.05) is 26.2 Å². The fourth-order valence-electron chi connectivity index (χ4n) is 3.11. The van der Waals surface area contributed by atoms with Gasteiger partial charge < -0.3 is 9.88 Å². The zero-order chi connectivity index (χ0) is 16.2. The van der Waals surface area contributed by atoms with Gasteiger partial charge in [-0.15, -0.1) is 0 Å². The Labute approximate surface area is 136 Å². The molecule has 0 unspecified atom stereocenters. The fraction of sp³-hybridized carbons (Fsp3) is 0.562. The molecule has 3 heterocycles. The van der Waals surface area contributed by atoms with Crippen molar-refractivity contribution in [2.45, 2.75) is 32.9 Å². The first-order chi connectivity index (χ1) is 11.2. The van der Waals surface area contributed by atoms with Crippen LogP contribution in [0.2, 0.25) is 0 Å². The molecule has 0 bridgehead atoms. The highest BCUT2D eigenvalue weighted by molar-refractivity contribution is 5.93. The molecule has 7 heteroatoms. The van der Waals surface area contributed by atoms with Gasteiger partial charge in [0.05, 0.1) is 17.8 Å². The van der Waals surface area contributed by atoms with Crippen LogP contribution in [0.3, 0.4) is 0 Å². The maximum atomic E-state index is 12.8. The van der Waals surface area contributed by atoms with E-state index in [1.165, 1.54) is 0 Å². The van der Waals surface area contributed by atoms with Gasteiger partial charge in [-0.2, -0.15) is 5.10 Å². The molecule has 2 aromatic heterocycles. The molecule has 1 amide bonds. The van der Waals surface area contributed by atoms with Crippen LogP contribution >= 0.6 is 0 Å². The summed E-state index contributed by atoms with van der Waals surface area (Å²) in [7, 11) is 0. The minimum Gasteiger partial charge on any atom is -0.347 e. The first-order valence-corrected chi connectivity index (χ1v) is 8.28. The largest absolute Gasteiger partial charge is 0.347 e. The lowest BCUT2D eigenvalue weighted by Crippen LogP contribution is -2.50. The molecule has 1 N–H and O–H groups in total. The quantitative estimate of drug-likeness (QED) is 0.908. The predicted molar refractivity (Wildman–Crippen MR) is 87.0 cm³/mol. The summed E-state index contributed by atoms with van der Waals surface area (Å²) < 4.78 is 1.83. The molecule has 1 aliphatic heterocycles. The summed E-state index contributed by atoms with van der Waals surface area (Å²) in [6.07, 6.45) is 8.12. The summed E-state index contributed by atoms with van der Waals surface area (Å²) in [6, 6.07) is 0.124. The molecule has 0 saturated carbocycles. The Hall–Kier alpha value is -2.15. The van der Waals surface area contributed by atoms with Crippen LogP contribution in [-0.4, -0.2) is 61.6 Å². The first-order valence-electron chi connectivity index (χ1n) is 8.28. The van der Waals surface area contributed by atoms with Crippen LogP contribution in [0.25, 0.3) is 0 Å². The number of amides is 1. The molecular weight excluding hydrogens is 292 g/mol. The van der Waals surface area contributed by atoms with E-state index in [0.29, 0.717) is 12.1 Å². The Morgan fingerprint density at radius 3 is 2.96 bits per heavy atom. The highest BCUT2D eigenvalue weighted by Crippen LogP contribution is 2.23. The highest BCUT2D eigenvalue weighted by Gasteiger charge is 2.31. The molecule has 7 nitrogen and oxygen atoms in total. The molecule has 0 aliphatic carbocycles. The molecular formula is C16H24N6O. The van der Waals surface area contributed by atoms with E-state index in [1.807, 2.05) is 22.0 Å². The lowest BCUT2D eigenvalue weighted by atomic mass is 10.1. The lowest BCUT2D eigenvalue weighted by Gasteiger charge is -2.39. The third kappa shape index (κ3) is 3.29. The molecule has 0 radical (unpaired) electrons. The fourth-order valence-corrected chi connectivity index (χ4v) is 3.11. The normalized spacial score (nSPS) is 19.2. The minimum absolute atomic E-state index is 0.0552. The number of hydrogen-bond acceptors (Lipinski definition) is 4. The number of aromatic amines is 1. The first kappa shape index (κ1) is 15.7. The number of aromatic nitrogens is 4. The summed E-state index contributed by atoms with van der Waals surface area (Å²) in [4.78, 5) is 24.6. The van der Waals surface area contributed by atoms with Crippen LogP contribution < -0.4 is 0 Å². The molecule has 3 rings (SSSR count). The second-order valence-electron chi connectivity index (χ2n) is 5.86. The SMILES string of the molecule is CCCn1cc(C(=O)N2CCN(CC)[C@@H](c3ncc[nH]3)C2)cn1. The Morgan fingerprint density at radius 2 is 2.26 bits per heavy atom. The van der Waals surface area contributed by atoms with Crippen molar-refractivity contribution in [1.82, 2.24) is 29.5 Å². The number of nitrogens with one attached hydrogen (secondary N) is 1. The van der Waals surface area contributed by atoms with E-state index in [1.54, 1.807) is 12.4 Å². The van der Waals surface area contributed by atoms with Gasteiger partial charge in [-0.1, -0.05) is 13.8 Å². The molecule has 1 atom stereocenters. The Bertz CT molecular complexity index is 635. The zero-order valence-corrected chi connectivity index (χ0v) is 13.8. The van der Waals surface area contributed by atoms with Gasteiger partial charge in [-0.25, -0.2) is 4.98 Å². The van der Waals surface area contributed by atoms with Crippen LogP contribution in [0.4, 0.5) is 0 Å². The van der Waals surface area contributed by atoms with Crippen molar-refractivity contribution in [1.29, 1.82) is 0 Å². The number of carbonyl (C=O) groups excluding carboxylic acids is 1.